The number of fused-ring (bicyclic) bond motifs is 3. The summed E-state index contributed by atoms with van der Waals surface area (Å²) in [6, 6.07) is 0. The van der Waals surface area contributed by atoms with Crippen molar-refractivity contribution in [2.24, 2.45) is 5.92 Å². The van der Waals surface area contributed by atoms with E-state index in [2.05, 4.69) is 22.9 Å². The van der Waals surface area contributed by atoms with E-state index in [9.17, 15) is 9.90 Å². The number of carbonyl (C=O) groups is 1. The number of rotatable bonds is 3. The Morgan fingerprint density at radius 3 is 2.82 bits per heavy atom. The predicted molar refractivity (Wildman–Crippen MR) is 66.0 cm³/mol. The molecule has 2 heterocycles. The number of ether oxygens (including phenoxy) is 2. The van der Waals surface area contributed by atoms with Crippen LogP contribution >= 0.6 is 15.9 Å². The maximum Gasteiger partial charge on any atom is 0.302 e. The third-order valence-electron chi connectivity index (χ3n) is 4.11. The molecule has 2 bridgehead atoms. The second kappa shape index (κ2) is 4.52. The van der Waals surface area contributed by atoms with Gasteiger partial charge in [0.25, 0.3) is 0 Å². The minimum absolute atomic E-state index is 0.0970. The van der Waals surface area contributed by atoms with Gasteiger partial charge in [-0.1, -0.05) is 15.9 Å². The van der Waals surface area contributed by atoms with Gasteiger partial charge in [0.2, 0.25) is 0 Å². The average Bonchev–Trinajstić information content (AvgIpc) is 2.28. The van der Waals surface area contributed by atoms with Gasteiger partial charge >= 0.3 is 5.97 Å². The molecular formula is C12H19BrO4. The number of halogens is 1. The molecule has 0 aromatic carbocycles. The third kappa shape index (κ3) is 2.25. The molecule has 0 spiro atoms. The highest BCUT2D eigenvalue weighted by atomic mass is 79.9. The lowest BCUT2D eigenvalue weighted by Gasteiger charge is -2.57. The molecular weight excluding hydrogens is 288 g/mol. The van der Waals surface area contributed by atoms with Crippen LogP contribution in [-0.2, 0) is 14.3 Å². The van der Waals surface area contributed by atoms with Gasteiger partial charge in [0.15, 0.2) is 0 Å². The molecule has 0 radical (unpaired) electrons. The molecule has 1 saturated carbocycles. The van der Waals surface area contributed by atoms with Crippen molar-refractivity contribution >= 4 is 21.9 Å². The van der Waals surface area contributed by atoms with E-state index < -0.39 is 5.60 Å². The topological polar surface area (TPSA) is 55.8 Å². The van der Waals surface area contributed by atoms with E-state index >= 15 is 0 Å². The molecule has 4 nitrogen and oxygen atoms in total. The highest BCUT2D eigenvalue weighted by molar-refractivity contribution is 9.09. The summed E-state index contributed by atoms with van der Waals surface area (Å²) >= 11 is 3.65. The van der Waals surface area contributed by atoms with Gasteiger partial charge in [-0.25, -0.2) is 0 Å². The van der Waals surface area contributed by atoms with Crippen molar-refractivity contribution in [3.8, 4) is 0 Å². The first-order valence-corrected chi connectivity index (χ1v) is 6.92. The Kier molecular flexibility index (Phi) is 3.54. The molecule has 2 saturated heterocycles. The lowest BCUT2D eigenvalue weighted by atomic mass is 9.68. The number of aliphatic hydroxyl groups excluding tert-OH is 1. The average molecular weight is 307 g/mol. The quantitative estimate of drug-likeness (QED) is 0.636. The van der Waals surface area contributed by atoms with E-state index in [4.69, 9.17) is 9.47 Å². The molecule has 3 rings (SSSR count). The van der Waals surface area contributed by atoms with Gasteiger partial charge in [-0.2, -0.15) is 0 Å². The van der Waals surface area contributed by atoms with Crippen LogP contribution in [0.25, 0.3) is 0 Å². The molecule has 4 unspecified atom stereocenters. The third-order valence-corrected chi connectivity index (χ3v) is 5.45. The number of esters is 1. The smallest absolute Gasteiger partial charge is 0.302 e. The highest BCUT2D eigenvalue weighted by Crippen LogP contribution is 2.52. The van der Waals surface area contributed by atoms with Crippen LogP contribution in [0.5, 0.6) is 0 Å². The molecule has 0 amide bonds. The van der Waals surface area contributed by atoms with Crippen LogP contribution in [0.1, 0.15) is 33.1 Å². The monoisotopic (exact) mass is 306 g/mol. The molecule has 4 atom stereocenters. The number of alkyl halides is 1. The summed E-state index contributed by atoms with van der Waals surface area (Å²) in [5, 5.41) is 9.65. The second-order valence-corrected chi connectivity index (χ2v) is 6.46. The molecule has 0 aromatic heterocycles. The van der Waals surface area contributed by atoms with Crippen molar-refractivity contribution < 1.29 is 19.4 Å². The first-order valence-electron chi connectivity index (χ1n) is 6.00. The maximum absolute atomic E-state index is 10.9. The Labute approximate surface area is 110 Å². The van der Waals surface area contributed by atoms with Gasteiger partial charge in [-0.15, -0.1) is 0 Å². The zero-order valence-corrected chi connectivity index (χ0v) is 11.8. The van der Waals surface area contributed by atoms with E-state index in [1.807, 2.05) is 0 Å². The summed E-state index contributed by atoms with van der Waals surface area (Å²) in [6.07, 6.45) is 2.95. The number of aliphatic hydroxyl groups is 1. The van der Waals surface area contributed by atoms with Gasteiger partial charge in [-0.05, 0) is 32.1 Å². The van der Waals surface area contributed by atoms with Crippen molar-refractivity contribution in [3.05, 3.63) is 0 Å². The number of carbonyl (C=O) groups excluding carboxylic acids is 1. The van der Waals surface area contributed by atoms with Gasteiger partial charge in [0.1, 0.15) is 12.2 Å². The number of hydrogen-bond donors (Lipinski definition) is 1. The van der Waals surface area contributed by atoms with Crippen LogP contribution in [0, 0.1) is 5.92 Å². The predicted octanol–water partition coefficient (Wildman–Crippen LogP) is 1.63. The van der Waals surface area contributed by atoms with E-state index in [0.717, 1.165) is 19.3 Å². The molecule has 5 heteroatoms. The molecule has 3 fully saturated rings. The van der Waals surface area contributed by atoms with Crippen LogP contribution in [0.4, 0.5) is 0 Å². The number of hydrogen-bond acceptors (Lipinski definition) is 4. The minimum Gasteiger partial charge on any atom is -0.463 e. The fourth-order valence-electron chi connectivity index (χ4n) is 2.95. The summed E-state index contributed by atoms with van der Waals surface area (Å²) in [5.41, 5.74) is -0.972. The van der Waals surface area contributed by atoms with Crippen LogP contribution in [0.15, 0.2) is 0 Å². The first-order chi connectivity index (χ1) is 7.92. The normalized spacial score (nSPS) is 44.7. The summed E-state index contributed by atoms with van der Waals surface area (Å²) in [5.74, 6) is -0.0820. The summed E-state index contributed by atoms with van der Waals surface area (Å²) in [6.45, 7) is 3.49. The van der Waals surface area contributed by atoms with Crippen molar-refractivity contribution in [2.75, 3.05) is 13.2 Å². The Morgan fingerprint density at radius 2 is 2.35 bits per heavy atom. The standard InChI is InChI=1S/C12H19BrO4/c1-8(15)16-7-12(6-14)9-3-4-11(2,17-12)10(13)5-9/h9-10,14H,3-7H2,1-2H3. The van der Waals surface area contributed by atoms with Crippen molar-refractivity contribution in [1.29, 1.82) is 0 Å². The van der Waals surface area contributed by atoms with Crippen molar-refractivity contribution in [2.45, 2.75) is 49.1 Å². The second-order valence-electron chi connectivity index (χ2n) is 5.36. The molecule has 17 heavy (non-hydrogen) atoms. The first kappa shape index (κ1) is 13.3. The molecule has 1 N–H and O–H groups in total. The minimum atomic E-state index is -0.705. The van der Waals surface area contributed by atoms with Crippen molar-refractivity contribution in [3.63, 3.8) is 0 Å². The lowest BCUT2D eigenvalue weighted by molar-refractivity contribution is -0.268. The Balaban J connectivity index is 2.16. The van der Waals surface area contributed by atoms with E-state index in [-0.39, 0.29) is 30.7 Å². The summed E-state index contributed by atoms with van der Waals surface area (Å²) in [7, 11) is 0. The van der Waals surface area contributed by atoms with E-state index in [1.165, 1.54) is 6.92 Å². The maximum atomic E-state index is 10.9. The zero-order chi connectivity index (χ0) is 12.7. The summed E-state index contributed by atoms with van der Waals surface area (Å²) < 4.78 is 11.2. The lowest BCUT2D eigenvalue weighted by Crippen LogP contribution is -2.65. The molecule has 2 aliphatic heterocycles. The SMILES string of the molecule is CC(=O)OCC1(CO)OC2(C)CCC1CC2Br. The van der Waals surface area contributed by atoms with Gasteiger partial charge in [0, 0.05) is 11.8 Å². The highest BCUT2D eigenvalue weighted by Gasteiger charge is 2.57. The van der Waals surface area contributed by atoms with E-state index in [0.29, 0.717) is 4.83 Å². The van der Waals surface area contributed by atoms with Gasteiger partial charge in [-0.3, -0.25) is 4.79 Å². The van der Waals surface area contributed by atoms with Crippen LogP contribution < -0.4 is 0 Å². The van der Waals surface area contributed by atoms with E-state index in [1.54, 1.807) is 0 Å². The fraction of sp³-hybridized carbons (Fsp3) is 0.917. The molecule has 0 aromatic rings. The van der Waals surface area contributed by atoms with Crippen LogP contribution in [-0.4, -0.2) is 40.3 Å². The zero-order valence-electron chi connectivity index (χ0n) is 10.2. The van der Waals surface area contributed by atoms with Crippen LogP contribution in [0.2, 0.25) is 0 Å². The Hall–Kier alpha value is -0.130. The van der Waals surface area contributed by atoms with Crippen molar-refractivity contribution in [1.82, 2.24) is 0 Å². The summed E-state index contributed by atoms with van der Waals surface area (Å²) in [4.78, 5) is 11.2. The Morgan fingerprint density at radius 1 is 1.65 bits per heavy atom. The molecule has 1 aliphatic carbocycles. The van der Waals surface area contributed by atoms with Crippen LogP contribution in [0.3, 0.4) is 0 Å². The molecule has 3 aliphatic rings. The molecule has 98 valence electrons. The van der Waals surface area contributed by atoms with Gasteiger partial charge in [0.05, 0.1) is 12.2 Å². The fourth-order valence-corrected chi connectivity index (χ4v) is 3.73. The van der Waals surface area contributed by atoms with Gasteiger partial charge < -0.3 is 14.6 Å². The Bertz CT molecular complexity index is 322. The largest absolute Gasteiger partial charge is 0.463 e.